The van der Waals surface area contributed by atoms with Crippen molar-refractivity contribution in [2.24, 2.45) is 0 Å². The highest BCUT2D eigenvalue weighted by Gasteiger charge is 2.06. The van der Waals surface area contributed by atoms with Crippen LogP contribution in [0.25, 0.3) is 10.8 Å². The molecule has 21 heavy (non-hydrogen) atoms. The third kappa shape index (κ3) is 3.07. The quantitative estimate of drug-likeness (QED) is 0.721. The second kappa shape index (κ2) is 6.25. The van der Waals surface area contributed by atoms with E-state index in [1.165, 1.54) is 16.3 Å². The Balaban J connectivity index is 1.74. The standard InChI is InChI=1S/C18H15ClFN/c19-17-10-4-8-15(18(17)20)12-21-11-14-7-3-6-13-5-1-2-9-16(13)14/h1-10,21H,11-12H2. The van der Waals surface area contributed by atoms with E-state index >= 15 is 0 Å². The molecule has 0 fully saturated rings. The zero-order chi connectivity index (χ0) is 14.7. The summed E-state index contributed by atoms with van der Waals surface area (Å²) in [5.41, 5.74) is 1.79. The van der Waals surface area contributed by atoms with E-state index < -0.39 is 0 Å². The van der Waals surface area contributed by atoms with Gasteiger partial charge in [0.05, 0.1) is 5.02 Å². The molecule has 106 valence electrons. The van der Waals surface area contributed by atoms with Crippen molar-refractivity contribution in [3.63, 3.8) is 0 Å². The largest absolute Gasteiger partial charge is 0.308 e. The Labute approximate surface area is 128 Å². The molecule has 3 aromatic carbocycles. The summed E-state index contributed by atoms with van der Waals surface area (Å²) in [6.45, 7) is 1.14. The number of fused-ring (bicyclic) bond motifs is 1. The first kappa shape index (κ1) is 14.1. The van der Waals surface area contributed by atoms with Crippen LogP contribution in [-0.4, -0.2) is 0 Å². The maximum absolute atomic E-state index is 13.8. The summed E-state index contributed by atoms with van der Waals surface area (Å²) in [5.74, 6) is -0.343. The molecule has 0 atom stereocenters. The molecule has 0 heterocycles. The number of hydrogen-bond acceptors (Lipinski definition) is 1. The first-order chi connectivity index (χ1) is 10.3. The smallest absolute Gasteiger partial charge is 0.146 e. The van der Waals surface area contributed by atoms with Crippen molar-refractivity contribution < 1.29 is 4.39 Å². The number of benzene rings is 3. The minimum atomic E-state index is -0.343. The Bertz CT molecular complexity index is 765. The van der Waals surface area contributed by atoms with Crippen molar-refractivity contribution in [2.75, 3.05) is 0 Å². The first-order valence-corrected chi connectivity index (χ1v) is 7.24. The van der Waals surface area contributed by atoms with Crippen LogP contribution in [0.4, 0.5) is 4.39 Å². The zero-order valence-electron chi connectivity index (χ0n) is 11.4. The molecule has 0 saturated heterocycles. The molecule has 3 heteroatoms. The van der Waals surface area contributed by atoms with E-state index in [0.29, 0.717) is 18.7 Å². The van der Waals surface area contributed by atoms with Crippen LogP contribution in [0.3, 0.4) is 0 Å². The van der Waals surface area contributed by atoms with Gasteiger partial charge in [0.1, 0.15) is 5.82 Å². The van der Waals surface area contributed by atoms with Crippen LogP contribution in [0.5, 0.6) is 0 Å². The highest BCUT2D eigenvalue weighted by atomic mass is 35.5. The minimum Gasteiger partial charge on any atom is -0.308 e. The zero-order valence-corrected chi connectivity index (χ0v) is 12.2. The SMILES string of the molecule is Fc1c(Cl)cccc1CNCc1cccc2ccccc12. The summed E-state index contributed by atoms with van der Waals surface area (Å²) in [7, 11) is 0. The average Bonchev–Trinajstić information content (AvgIpc) is 2.52. The van der Waals surface area contributed by atoms with Crippen LogP contribution in [0.1, 0.15) is 11.1 Å². The number of hydrogen-bond donors (Lipinski definition) is 1. The summed E-state index contributed by atoms with van der Waals surface area (Å²) in [4.78, 5) is 0. The van der Waals surface area contributed by atoms with Crippen LogP contribution in [0.2, 0.25) is 5.02 Å². The molecule has 0 aliphatic rings. The van der Waals surface area contributed by atoms with Crippen LogP contribution in [0.15, 0.2) is 60.7 Å². The Hall–Kier alpha value is -1.90. The molecular weight excluding hydrogens is 285 g/mol. The van der Waals surface area contributed by atoms with E-state index in [0.717, 1.165) is 0 Å². The Morgan fingerprint density at radius 1 is 0.810 bits per heavy atom. The van der Waals surface area contributed by atoms with Crippen molar-refractivity contribution in [3.8, 4) is 0 Å². The molecule has 0 bridgehead atoms. The maximum Gasteiger partial charge on any atom is 0.146 e. The van der Waals surface area contributed by atoms with Gasteiger partial charge < -0.3 is 5.32 Å². The normalized spacial score (nSPS) is 11.0. The molecule has 0 aromatic heterocycles. The van der Waals surface area contributed by atoms with Gasteiger partial charge in [-0.25, -0.2) is 4.39 Å². The van der Waals surface area contributed by atoms with Crippen LogP contribution in [-0.2, 0) is 13.1 Å². The van der Waals surface area contributed by atoms with Gasteiger partial charge in [-0.3, -0.25) is 0 Å². The third-order valence-corrected chi connectivity index (χ3v) is 3.83. The highest BCUT2D eigenvalue weighted by molar-refractivity contribution is 6.30. The van der Waals surface area contributed by atoms with Gasteiger partial charge in [-0.05, 0) is 22.4 Å². The van der Waals surface area contributed by atoms with Gasteiger partial charge in [0.2, 0.25) is 0 Å². The van der Waals surface area contributed by atoms with Gasteiger partial charge in [-0.2, -0.15) is 0 Å². The fraction of sp³-hybridized carbons (Fsp3) is 0.111. The summed E-state index contributed by atoms with van der Waals surface area (Å²) in [6, 6.07) is 19.5. The van der Waals surface area contributed by atoms with Gasteiger partial charge >= 0.3 is 0 Å². The summed E-state index contributed by atoms with van der Waals surface area (Å²) in [6.07, 6.45) is 0. The van der Waals surface area contributed by atoms with Crippen molar-refractivity contribution >= 4 is 22.4 Å². The van der Waals surface area contributed by atoms with Crippen LogP contribution < -0.4 is 5.32 Å². The van der Waals surface area contributed by atoms with Crippen molar-refractivity contribution in [2.45, 2.75) is 13.1 Å². The van der Waals surface area contributed by atoms with E-state index in [2.05, 4.69) is 29.6 Å². The van der Waals surface area contributed by atoms with Gasteiger partial charge in [0.15, 0.2) is 0 Å². The molecule has 0 saturated carbocycles. The molecule has 0 radical (unpaired) electrons. The van der Waals surface area contributed by atoms with Gasteiger partial charge in [-0.1, -0.05) is 66.2 Å². The molecule has 3 aromatic rings. The Kier molecular flexibility index (Phi) is 4.18. The molecular formula is C18H15ClFN. The predicted octanol–water partition coefficient (Wildman–Crippen LogP) is 4.92. The second-order valence-corrected chi connectivity index (χ2v) is 5.36. The summed E-state index contributed by atoms with van der Waals surface area (Å²) < 4.78 is 13.8. The fourth-order valence-electron chi connectivity index (χ4n) is 2.46. The maximum atomic E-state index is 13.8. The van der Waals surface area contributed by atoms with Gasteiger partial charge in [-0.15, -0.1) is 0 Å². The number of rotatable bonds is 4. The molecule has 3 rings (SSSR count). The second-order valence-electron chi connectivity index (χ2n) is 4.95. The molecule has 0 spiro atoms. The van der Waals surface area contributed by atoms with E-state index in [9.17, 15) is 4.39 Å². The lowest BCUT2D eigenvalue weighted by Gasteiger charge is -2.09. The molecule has 1 N–H and O–H groups in total. The molecule has 0 unspecified atom stereocenters. The number of nitrogens with one attached hydrogen (secondary N) is 1. The average molecular weight is 300 g/mol. The van der Waals surface area contributed by atoms with Crippen LogP contribution in [0, 0.1) is 5.82 Å². The third-order valence-electron chi connectivity index (χ3n) is 3.54. The predicted molar refractivity (Wildman–Crippen MR) is 85.9 cm³/mol. The minimum absolute atomic E-state index is 0.166. The Morgan fingerprint density at radius 3 is 2.38 bits per heavy atom. The lowest BCUT2D eigenvalue weighted by molar-refractivity contribution is 0.589. The van der Waals surface area contributed by atoms with E-state index in [4.69, 9.17) is 11.6 Å². The Morgan fingerprint density at radius 2 is 1.48 bits per heavy atom. The van der Waals surface area contributed by atoms with Gasteiger partial charge in [0, 0.05) is 18.7 Å². The lowest BCUT2D eigenvalue weighted by atomic mass is 10.0. The highest BCUT2D eigenvalue weighted by Crippen LogP contribution is 2.20. The summed E-state index contributed by atoms with van der Waals surface area (Å²) >= 11 is 5.79. The van der Waals surface area contributed by atoms with Gasteiger partial charge in [0.25, 0.3) is 0 Å². The monoisotopic (exact) mass is 299 g/mol. The lowest BCUT2D eigenvalue weighted by Crippen LogP contribution is -2.14. The van der Waals surface area contributed by atoms with E-state index in [1.807, 2.05) is 18.2 Å². The fourth-order valence-corrected chi connectivity index (χ4v) is 2.66. The summed E-state index contributed by atoms with van der Waals surface area (Å²) in [5, 5.41) is 5.88. The van der Waals surface area contributed by atoms with Crippen LogP contribution >= 0.6 is 11.6 Å². The number of halogens is 2. The molecule has 0 amide bonds. The van der Waals surface area contributed by atoms with E-state index in [1.54, 1.807) is 18.2 Å². The van der Waals surface area contributed by atoms with Crippen molar-refractivity contribution in [3.05, 3.63) is 82.6 Å². The molecule has 0 aliphatic heterocycles. The topological polar surface area (TPSA) is 12.0 Å². The van der Waals surface area contributed by atoms with Crippen molar-refractivity contribution in [1.82, 2.24) is 5.32 Å². The molecule has 1 nitrogen and oxygen atoms in total. The van der Waals surface area contributed by atoms with E-state index in [-0.39, 0.29) is 10.8 Å². The van der Waals surface area contributed by atoms with Crippen molar-refractivity contribution in [1.29, 1.82) is 0 Å². The molecule has 0 aliphatic carbocycles. The first-order valence-electron chi connectivity index (χ1n) is 6.86.